The molecular weight excluding hydrogens is 348 g/mol. The fraction of sp³-hybridized carbons (Fsp3) is 0.263. The molecule has 2 aromatic heterocycles. The highest BCUT2D eigenvalue weighted by molar-refractivity contribution is 7.17. The lowest BCUT2D eigenvalue weighted by Crippen LogP contribution is -2.28. The lowest BCUT2D eigenvalue weighted by Gasteiger charge is -2.27. The van der Waals surface area contributed by atoms with E-state index >= 15 is 0 Å². The number of hydrogen-bond acceptors (Lipinski definition) is 6. The Morgan fingerprint density at radius 2 is 1.48 bits per heavy atom. The van der Waals surface area contributed by atoms with Gasteiger partial charge in [-0.1, -0.05) is 12.2 Å². The van der Waals surface area contributed by atoms with Gasteiger partial charge in [-0.05, 0) is 55.7 Å². The van der Waals surface area contributed by atoms with E-state index < -0.39 is 0 Å². The van der Waals surface area contributed by atoms with Crippen molar-refractivity contribution < 1.29 is 0 Å². The molecule has 1 aliphatic heterocycles. The van der Waals surface area contributed by atoms with Crippen molar-refractivity contribution in [1.82, 2.24) is 0 Å². The summed E-state index contributed by atoms with van der Waals surface area (Å²) in [6.07, 6.45) is 12.3. The van der Waals surface area contributed by atoms with E-state index in [9.17, 15) is 0 Å². The molecule has 0 unspecified atom stereocenters. The zero-order valence-corrected chi connectivity index (χ0v) is 15.8. The predicted molar refractivity (Wildman–Crippen MR) is 112 cm³/mol. The summed E-state index contributed by atoms with van der Waals surface area (Å²) in [5.41, 5.74) is 17.3. The molecule has 0 aromatic carbocycles. The van der Waals surface area contributed by atoms with Crippen LogP contribution in [0, 0.1) is 0 Å². The summed E-state index contributed by atoms with van der Waals surface area (Å²) in [5, 5.41) is 1.38. The maximum Gasteiger partial charge on any atom is 0.119 e. The maximum atomic E-state index is 5.85. The van der Waals surface area contributed by atoms with Gasteiger partial charge in [0.2, 0.25) is 0 Å². The topological polar surface area (TPSA) is 81.3 Å². The number of nitrogens with two attached hydrogens (primary N) is 3. The summed E-state index contributed by atoms with van der Waals surface area (Å²) in [6, 6.07) is 8.38. The molecule has 0 bridgehead atoms. The van der Waals surface area contributed by atoms with Crippen molar-refractivity contribution in [3.63, 3.8) is 0 Å². The summed E-state index contributed by atoms with van der Waals surface area (Å²) < 4.78 is 0. The van der Waals surface area contributed by atoms with Crippen LogP contribution in [0.4, 0.5) is 5.00 Å². The number of anilines is 1. The minimum absolute atomic E-state index is 0.166. The summed E-state index contributed by atoms with van der Waals surface area (Å²) >= 11 is 3.43. The molecule has 25 heavy (non-hydrogen) atoms. The van der Waals surface area contributed by atoms with Gasteiger partial charge in [0.1, 0.15) is 5.82 Å². The minimum atomic E-state index is 0.166. The Labute approximate surface area is 156 Å². The van der Waals surface area contributed by atoms with Gasteiger partial charge in [0, 0.05) is 22.8 Å². The molecule has 6 heteroatoms. The van der Waals surface area contributed by atoms with Gasteiger partial charge in [0.15, 0.2) is 0 Å². The fourth-order valence-electron chi connectivity index (χ4n) is 2.75. The molecule has 0 saturated carbocycles. The smallest absolute Gasteiger partial charge is 0.119 e. The molecule has 4 nitrogen and oxygen atoms in total. The average Bonchev–Trinajstić information content (AvgIpc) is 3.28. The summed E-state index contributed by atoms with van der Waals surface area (Å²) in [6.45, 7) is 2.38. The van der Waals surface area contributed by atoms with Crippen LogP contribution in [0.5, 0.6) is 0 Å². The van der Waals surface area contributed by atoms with Crippen molar-refractivity contribution in [3.8, 4) is 0 Å². The van der Waals surface area contributed by atoms with Gasteiger partial charge in [-0.3, -0.25) is 0 Å². The van der Waals surface area contributed by atoms with E-state index in [1.165, 1.54) is 42.2 Å². The van der Waals surface area contributed by atoms with E-state index in [0.717, 1.165) is 9.75 Å². The third-order valence-electron chi connectivity index (χ3n) is 4.12. The molecule has 0 radical (unpaired) electrons. The first-order chi connectivity index (χ1) is 12.1. The highest BCUT2D eigenvalue weighted by Crippen LogP contribution is 2.29. The third kappa shape index (κ3) is 4.67. The maximum absolute atomic E-state index is 5.85. The summed E-state index contributed by atoms with van der Waals surface area (Å²) in [4.78, 5) is 5.78. The molecule has 132 valence electrons. The van der Waals surface area contributed by atoms with E-state index in [1.54, 1.807) is 11.3 Å². The van der Waals surface area contributed by atoms with Gasteiger partial charge < -0.3 is 22.1 Å². The minimum Gasteiger partial charge on any atom is -0.395 e. The molecule has 0 aliphatic carbocycles. The Kier molecular flexibility index (Phi) is 5.83. The molecule has 2 aromatic rings. The number of allylic oxidation sites excluding steroid dienone is 2. The summed E-state index contributed by atoms with van der Waals surface area (Å²) in [7, 11) is 0. The highest BCUT2D eigenvalue weighted by atomic mass is 32.1. The van der Waals surface area contributed by atoms with Gasteiger partial charge in [-0.2, -0.15) is 0 Å². The lowest BCUT2D eigenvalue weighted by molar-refractivity contribution is 0.580. The van der Waals surface area contributed by atoms with Crippen LogP contribution in [0.1, 0.15) is 33.9 Å². The zero-order chi connectivity index (χ0) is 17.6. The molecule has 3 heterocycles. The number of hydrogen-bond donors (Lipinski definition) is 3. The Morgan fingerprint density at radius 3 is 2.16 bits per heavy atom. The highest BCUT2D eigenvalue weighted by Gasteiger charge is 2.12. The van der Waals surface area contributed by atoms with Gasteiger partial charge in [-0.15, -0.1) is 22.7 Å². The Morgan fingerprint density at radius 1 is 0.840 bits per heavy atom. The predicted octanol–water partition coefficient (Wildman–Crippen LogP) is 4.03. The normalized spacial score (nSPS) is 15.3. The fourth-order valence-corrected chi connectivity index (χ4v) is 4.62. The van der Waals surface area contributed by atoms with Crippen molar-refractivity contribution in [2.45, 2.75) is 19.3 Å². The number of nitrogens with zero attached hydrogens (tertiary/aromatic N) is 1. The molecule has 1 fully saturated rings. The van der Waals surface area contributed by atoms with Gasteiger partial charge in [0.25, 0.3) is 0 Å². The van der Waals surface area contributed by atoms with Crippen LogP contribution >= 0.6 is 22.7 Å². The third-order valence-corrected chi connectivity index (χ3v) is 6.31. The molecule has 1 aliphatic rings. The molecule has 0 spiro atoms. The van der Waals surface area contributed by atoms with Gasteiger partial charge in [0.05, 0.1) is 15.6 Å². The van der Waals surface area contributed by atoms with E-state index in [2.05, 4.69) is 35.3 Å². The molecular formula is C19H24N4S2. The van der Waals surface area contributed by atoms with Gasteiger partial charge >= 0.3 is 0 Å². The van der Waals surface area contributed by atoms with Crippen LogP contribution in [-0.2, 0) is 0 Å². The SMILES string of the molecule is NC(N)=C(N)c1ccc(/C=C/C=C/c2ccc(N3CCCCC3)s2)s1. The zero-order valence-electron chi connectivity index (χ0n) is 14.2. The Bertz CT molecular complexity index is 788. The Hall–Kier alpha value is -2.18. The second-order valence-corrected chi connectivity index (χ2v) is 8.22. The average molecular weight is 373 g/mol. The monoisotopic (exact) mass is 372 g/mol. The second-order valence-electron chi connectivity index (χ2n) is 6.01. The first-order valence-electron chi connectivity index (χ1n) is 8.44. The standard InChI is InChI=1S/C19H24N4S2/c20-18(19(21)22)16-10-8-14(24-16)6-2-3-7-15-9-11-17(25-15)23-12-4-1-5-13-23/h2-3,6-11H,1,4-5,12-13,20-22H2/b6-2+,7-3+. The quantitative estimate of drug-likeness (QED) is 0.692. The molecule has 0 atom stereocenters. The Balaban J connectivity index is 1.59. The first kappa shape index (κ1) is 17.6. The first-order valence-corrected chi connectivity index (χ1v) is 10.1. The van der Waals surface area contributed by atoms with Crippen molar-refractivity contribution in [1.29, 1.82) is 0 Å². The van der Waals surface area contributed by atoms with Crippen LogP contribution in [0.15, 0.2) is 42.2 Å². The second kappa shape index (κ2) is 8.27. The largest absolute Gasteiger partial charge is 0.395 e. The lowest BCUT2D eigenvalue weighted by atomic mass is 10.1. The number of thiophene rings is 2. The van der Waals surface area contributed by atoms with Crippen LogP contribution < -0.4 is 22.1 Å². The van der Waals surface area contributed by atoms with Crippen molar-refractivity contribution >= 4 is 45.5 Å². The van der Waals surface area contributed by atoms with E-state index in [1.807, 2.05) is 29.5 Å². The van der Waals surface area contributed by atoms with Gasteiger partial charge in [-0.25, -0.2) is 0 Å². The van der Waals surface area contributed by atoms with E-state index in [0.29, 0.717) is 5.70 Å². The molecule has 1 saturated heterocycles. The van der Waals surface area contributed by atoms with Crippen LogP contribution in [0.2, 0.25) is 0 Å². The number of rotatable bonds is 5. The van der Waals surface area contributed by atoms with Crippen LogP contribution in [0.25, 0.3) is 17.8 Å². The van der Waals surface area contributed by atoms with Crippen molar-refractivity contribution in [2.24, 2.45) is 17.2 Å². The molecule has 3 rings (SSSR count). The van der Waals surface area contributed by atoms with Crippen LogP contribution in [-0.4, -0.2) is 13.1 Å². The summed E-state index contributed by atoms with van der Waals surface area (Å²) in [5.74, 6) is 0.166. The van der Waals surface area contributed by atoms with Crippen molar-refractivity contribution in [2.75, 3.05) is 18.0 Å². The molecule has 6 N–H and O–H groups in total. The number of piperidine rings is 1. The molecule has 0 amide bonds. The van der Waals surface area contributed by atoms with E-state index in [-0.39, 0.29) is 5.82 Å². The van der Waals surface area contributed by atoms with Crippen molar-refractivity contribution in [3.05, 3.63) is 56.9 Å². The van der Waals surface area contributed by atoms with E-state index in [4.69, 9.17) is 17.2 Å². The van der Waals surface area contributed by atoms with Crippen LogP contribution in [0.3, 0.4) is 0 Å².